The van der Waals surface area contributed by atoms with Gasteiger partial charge < -0.3 is 0 Å². The smallest absolute Gasteiger partial charge is 0.108 e. The highest BCUT2D eigenvalue weighted by Gasteiger charge is 2.33. The molecule has 2 aromatic rings. The standard InChI is InChI=1S/C24H32Si/c1-4-5-6-7-8-9-16-21-24(2,3)25(22-17-12-10-13-18-22)23-19-14-11-15-20-23/h1,10-15,17-20,25H,5-9,16,21H2,2-3H3. The number of hydrogen-bond acceptors (Lipinski definition) is 0. The maximum Gasteiger partial charge on any atom is 0.108 e. The third-order valence-electron chi connectivity index (χ3n) is 5.19. The van der Waals surface area contributed by atoms with Gasteiger partial charge in [0, 0.05) is 6.42 Å². The van der Waals surface area contributed by atoms with Crippen LogP contribution in [0.2, 0.25) is 5.04 Å². The molecule has 0 nitrogen and oxygen atoms in total. The van der Waals surface area contributed by atoms with Gasteiger partial charge in [-0.05, 0) is 11.5 Å². The van der Waals surface area contributed by atoms with Crippen LogP contribution < -0.4 is 10.4 Å². The van der Waals surface area contributed by atoms with Crippen LogP contribution in [-0.4, -0.2) is 8.80 Å². The van der Waals surface area contributed by atoms with Crippen molar-refractivity contribution in [1.29, 1.82) is 0 Å². The fourth-order valence-corrected chi connectivity index (χ4v) is 7.76. The van der Waals surface area contributed by atoms with Crippen molar-refractivity contribution in [2.24, 2.45) is 0 Å². The van der Waals surface area contributed by atoms with E-state index in [1.807, 2.05) is 0 Å². The van der Waals surface area contributed by atoms with E-state index in [1.54, 1.807) is 10.4 Å². The van der Waals surface area contributed by atoms with Gasteiger partial charge in [-0.3, -0.25) is 0 Å². The lowest BCUT2D eigenvalue weighted by molar-refractivity contribution is 0.526. The molecule has 0 aromatic heterocycles. The zero-order valence-corrected chi connectivity index (χ0v) is 17.0. The van der Waals surface area contributed by atoms with E-state index in [0.717, 1.165) is 6.42 Å². The zero-order chi connectivity index (χ0) is 18.0. The molecule has 25 heavy (non-hydrogen) atoms. The second-order valence-electron chi connectivity index (χ2n) is 7.71. The van der Waals surface area contributed by atoms with Crippen LogP contribution in [0, 0.1) is 12.3 Å². The maximum atomic E-state index is 5.32. The summed E-state index contributed by atoms with van der Waals surface area (Å²) < 4.78 is 0. The van der Waals surface area contributed by atoms with Gasteiger partial charge in [0.1, 0.15) is 8.80 Å². The normalized spacial score (nSPS) is 11.4. The SMILES string of the molecule is C#CCCCCCCCC(C)(C)[SiH](c1ccccc1)c1ccccc1. The van der Waals surface area contributed by atoms with Gasteiger partial charge in [0.05, 0.1) is 0 Å². The minimum Gasteiger partial charge on any atom is -0.120 e. The maximum absolute atomic E-state index is 5.32. The first-order valence-corrected chi connectivity index (χ1v) is 11.4. The van der Waals surface area contributed by atoms with Gasteiger partial charge in [-0.15, -0.1) is 12.3 Å². The summed E-state index contributed by atoms with van der Waals surface area (Å²) in [5.74, 6) is 2.74. The van der Waals surface area contributed by atoms with E-state index < -0.39 is 8.80 Å². The summed E-state index contributed by atoms with van der Waals surface area (Å²) in [5, 5.41) is 3.50. The quantitative estimate of drug-likeness (QED) is 0.315. The topological polar surface area (TPSA) is 0 Å². The molecule has 0 heterocycles. The predicted octanol–water partition coefficient (Wildman–Crippen LogP) is 5.17. The van der Waals surface area contributed by atoms with Gasteiger partial charge in [0.25, 0.3) is 0 Å². The van der Waals surface area contributed by atoms with E-state index in [4.69, 9.17) is 6.42 Å². The van der Waals surface area contributed by atoms with Crippen molar-refractivity contribution < 1.29 is 0 Å². The molecule has 0 saturated heterocycles. The molecule has 132 valence electrons. The second-order valence-corrected chi connectivity index (χ2v) is 11.5. The van der Waals surface area contributed by atoms with Gasteiger partial charge in [-0.25, -0.2) is 0 Å². The van der Waals surface area contributed by atoms with Crippen LogP contribution in [0.1, 0.15) is 58.8 Å². The Bertz CT molecular complexity index is 597. The van der Waals surface area contributed by atoms with Gasteiger partial charge >= 0.3 is 0 Å². The summed E-state index contributed by atoms with van der Waals surface area (Å²) >= 11 is 0. The average Bonchev–Trinajstić information content (AvgIpc) is 2.63. The van der Waals surface area contributed by atoms with Crippen molar-refractivity contribution in [3.63, 3.8) is 0 Å². The summed E-state index contributed by atoms with van der Waals surface area (Å²) in [5.41, 5.74) is 0. The van der Waals surface area contributed by atoms with E-state index >= 15 is 0 Å². The fraction of sp³-hybridized carbons (Fsp3) is 0.417. The van der Waals surface area contributed by atoms with Gasteiger partial charge in [0.15, 0.2) is 0 Å². The molecule has 0 aliphatic heterocycles. The third kappa shape index (κ3) is 6.22. The van der Waals surface area contributed by atoms with Crippen LogP contribution in [0.3, 0.4) is 0 Å². The van der Waals surface area contributed by atoms with E-state index in [1.165, 1.54) is 38.5 Å². The molecular formula is C24H32Si. The zero-order valence-electron chi connectivity index (χ0n) is 15.9. The first kappa shape index (κ1) is 19.5. The fourth-order valence-electron chi connectivity index (χ4n) is 3.87. The van der Waals surface area contributed by atoms with E-state index in [9.17, 15) is 0 Å². The molecule has 1 heteroatoms. The van der Waals surface area contributed by atoms with Crippen molar-refractivity contribution in [3.05, 3.63) is 60.7 Å². The molecule has 0 saturated carbocycles. The van der Waals surface area contributed by atoms with Gasteiger partial charge in [-0.2, -0.15) is 0 Å². The molecule has 0 aliphatic carbocycles. The van der Waals surface area contributed by atoms with E-state index in [2.05, 4.69) is 80.4 Å². The van der Waals surface area contributed by atoms with E-state index in [0.29, 0.717) is 5.04 Å². The second kappa shape index (κ2) is 10.3. The third-order valence-corrected chi connectivity index (χ3v) is 9.14. The largest absolute Gasteiger partial charge is 0.120 e. The van der Waals surface area contributed by atoms with Crippen LogP contribution >= 0.6 is 0 Å². The van der Waals surface area contributed by atoms with Crippen LogP contribution in [0.15, 0.2) is 60.7 Å². The predicted molar refractivity (Wildman–Crippen MR) is 114 cm³/mol. The summed E-state index contributed by atoms with van der Waals surface area (Å²) in [6.07, 6.45) is 14.0. The van der Waals surface area contributed by atoms with E-state index in [-0.39, 0.29) is 0 Å². The Morgan fingerprint density at radius 1 is 0.760 bits per heavy atom. The molecule has 0 bridgehead atoms. The van der Waals surface area contributed by atoms with Crippen molar-refractivity contribution >= 4 is 19.2 Å². The van der Waals surface area contributed by atoms with Crippen LogP contribution in [0.4, 0.5) is 0 Å². The van der Waals surface area contributed by atoms with Crippen LogP contribution in [0.25, 0.3) is 0 Å². The minimum absolute atomic E-state index is 0.377. The van der Waals surface area contributed by atoms with Crippen molar-refractivity contribution in [3.8, 4) is 12.3 Å². The molecule has 0 unspecified atom stereocenters. The molecule has 0 radical (unpaired) electrons. The van der Waals surface area contributed by atoms with Crippen molar-refractivity contribution in [1.82, 2.24) is 0 Å². The highest BCUT2D eigenvalue weighted by atomic mass is 28.3. The van der Waals surface area contributed by atoms with Gasteiger partial charge in [0.2, 0.25) is 0 Å². The monoisotopic (exact) mass is 348 g/mol. The average molecular weight is 349 g/mol. The summed E-state index contributed by atoms with van der Waals surface area (Å²) in [4.78, 5) is 0. The molecule has 0 amide bonds. The molecule has 0 spiro atoms. The number of rotatable bonds is 10. The molecule has 0 fully saturated rings. The lowest BCUT2D eigenvalue weighted by atomic mass is 10.0. The van der Waals surface area contributed by atoms with Crippen molar-refractivity contribution in [2.75, 3.05) is 0 Å². The number of hydrogen-bond donors (Lipinski definition) is 0. The summed E-state index contributed by atoms with van der Waals surface area (Å²) in [7, 11) is -1.26. The lowest BCUT2D eigenvalue weighted by Gasteiger charge is -2.34. The van der Waals surface area contributed by atoms with Crippen LogP contribution in [-0.2, 0) is 0 Å². The molecule has 0 atom stereocenters. The Morgan fingerprint density at radius 2 is 1.24 bits per heavy atom. The number of unbranched alkanes of at least 4 members (excludes halogenated alkanes) is 5. The molecule has 2 rings (SSSR count). The first-order chi connectivity index (χ1) is 12.1. The Labute approximate surface area is 156 Å². The highest BCUT2D eigenvalue weighted by molar-refractivity contribution is 6.87. The number of benzene rings is 2. The Hall–Kier alpha value is -1.78. The molecule has 0 aliphatic rings. The van der Waals surface area contributed by atoms with Crippen molar-refractivity contribution in [2.45, 2.75) is 63.8 Å². The van der Waals surface area contributed by atoms with Gasteiger partial charge in [-0.1, -0.05) is 117 Å². The lowest BCUT2D eigenvalue weighted by Crippen LogP contribution is -2.49. The Kier molecular flexibility index (Phi) is 8.02. The summed E-state index contributed by atoms with van der Waals surface area (Å²) in [6.45, 7) is 4.98. The molecular weight excluding hydrogens is 316 g/mol. The minimum atomic E-state index is -1.26. The Morgan fingerprint density at radius 3 is 1.76 bits per heavy atom. The molecule has 2 aromatic carbocycles. The highest BCUT2D eigenvalue weighted by Crippen LogP contribution is 2.35. The first-order valence-electron chi connectivity index (χ1n) is 9.68. The molecule has 0 N–H and O–H groups in total. The Balaban J connectivity index is 2.02. The number of terminal acetylenes is 1. The summed E-state index contributed by atoms with van der Waals surface area (Å²) in [6, 6.07) is 22.4. The van der Waals surface area contributed by atoms with Crippen LogP contribution in [0.5, 0.6) is 0 Å².